The molecule has 1 saturated heterocycles. The molecule has 134 valence electrons. The molecule has 9 heteroatoms. The van der Waals surface area contributed by atoms with Gasteiger partial charge in [0, 0.05) is 6.42 Å². The minimum atomic E-state index is -2.23. The molecule has 0 amide bonds. The molecule has 8 nitrogen and oxygen atoms in total. The molecule has 0 unspecified atom stereocenters. The van der Waals surface area contributed by atoms with E-state index >= 15 is 0 Å². The van der Waals surface area contributed by atoms with Gasteiger partial charge < -0.3 is 20.7 Å². The molecule has 1 aliphatic carbocycles. The van der Waals surface area contributed by atoms with E-state index < -0.39 is 31.3 Å². The van der Waals surface area contributed by atoms with E-state index in [1.54, 1.807) is 0 Å². The van der Waals surface area contributed by atoms with Gasteiger partial charge in [0.05, 0.1) is 12.7 Å². The molecule has 24 heavy (non-hydrogen) atoms. The van der Waals surface area contributed by atoms with Gasteiger partial charge in [-0.3, -0.25) is 4.57 Å². The van der Waals surface area contributed by atoms with Gasteiger partial charge in [0.2, 0.25) is 5.95 Å². The van der Waals surface area contributed by atoms with Crippen LogP contribution in [-0.2, 0) is 10.1 Å². The highest BCUT2D eigenvalue weighted by molar-refractivity contribution is 6.80. The summed E-state index contributed by atoms with van der Waals surface area (Å²) >= 11 is 0. The number of rotatable bonds is 4. The predicted molar refractivity (Wildman–Crippen MR) is 91.0 cm³/mol. The second-order valence-electron chi connectivity index (χ2n) is 7.46. The number of hydrogen-bond donors (Lipinski definition) is 3. The summed E-state index contributed by atoms with van der Waals surface area (Å²) in [4.78, 5) is 20.3. The average molecular weight is 354 g/mol. The molecule has 2 aliphatic rings. The van der Waals surface area contributed by atoms with Gasteiger partial charge in [0.15, 0.2) is 0 Å². The molecule has 3 atom stereocenters. The zero-order valence-electron chi connectivity index (χ0n) is 14.2. The van der Waals surface area contributed by atoms with E-state index in [4.69, 9.17) is 10.5 Å². The third-order valence-corrected chi connectivity index (χ3v) is 11.1. The monoisotopic (exact) mass is 354 g/mol. The summed E-state index contributed by atoms with van der Waals surface area (Å²) in [6.07, 6.45) is 4.67. The fourth-order valence-electron chi connectivity index (χ4n) is 4.39. The number of anilines is 1. The van der Waals surface area contributed by atoms with Crippen LogP contribution in [0.3, 0.4) is 0 Å². The summed E-state index contributed by atoms with van der Waals surface area (Å²) in [5.41, 5.74) is 5.48. The number of aliphatic hydroxyl groups is 2. The van der Waals surface area contributed by atoms with Crippen molar-refractivity contribution in [2.75, 3.05) is 12.3 Å². The Labute approximate surface area is 141 Å². The lowest BCUT2D eigenvalue weighted by molar-refractivity contribution is -0.0773. The predicted octanol–water partition coefficient (Wildman–Crippen LogP) is 0.207. The van der Waals surface area contributed by atoms with E-state index in [2.05, 4.69) is 23.1 Å². The fourth-order valence-corrected chi connectivity index (χ4v) is 8.85. The largest absolute Gasteiger partial charge is 0.394 e. The molecule has 3 rings (SSSR count). The normalized spacial score (nSPS) is 31.7. The highest BCUT2D eigenvalue weighted by atomic mass is 28.3. The van der Waals surface area contributed by atoms with Gasteiger partial charge in [-0.25, -0.2) is 9.78 Å². The average Bonchev–Trinajstić information content (AvgIpc) is 3.15. The fraction of sp³-hybridized carbons (Fsp3) is 0.800. The quantitative estimate of drug-likeness (QED) is 0.660. The first-order chi connectivity index (χ1) is 11.3. The number of aliphatic hydroxyl groups excluding tert-OH is 2. The number of aromatic nitrogens is 3. The van der Waals surface area contributed by atoms with E-state index in [1.807, 2.05) is 0 Å². The number of nitrogen functional groups attached to an aromatic ring is 1. The maximum absolute atomic E-state index is 12.5. The lowest BCUT2D eigenvalue weighted by Gasteiger charge is -2.46. The summed E-state index contributed by atoms with van der Waals surface area (Å²) in [6.45, 7) is 4.10. The van der Waals surface area contributed by atoms with Crippen LogP contribution in [0, 0.1) is 0 Å². The highest BCUT2D eigenvalue weighted by Gasteiger charge is 2.60. The second kappa shape index (κ2) is 6.21. The molecule has 1 aromatic rings. The molecule has 4 N–H and O–H groups in total. The summed E-state index contributed by atoms with van der Waals surface area (Å²) in [5.74, 6) is -0.0796. The second-order valence-corrected chi connectivity index (χ2v) is 12.5. The first-order valence-corrected chi connectivity index (χ1v) is 11.6. The minimum Gasteiger partial charge on any atom is -0.394 e. The Hall–Kier alpha value is -1.29. The number of hydrogen-bond acceptors (Lipinski definition) is 7. The molecular formula is C15H26N4O4Si. The number of nitrogens with zero attached hydrogens (tertiary/aromatic N) is 3. The van der Waals surface area contributed by atoms with E-state index in [9.17, 15) is 15.0 Å². The van der Waals surface area contributed by atoms with Crippen LogP contribution in [0.4, 0.5) is 5.95 Å². The van der Waals surface area contributed by atoms with E-state index in [-0.39, 0.29) is 19.0 Å². The van der Waals surface area contributed by atoms with Crippen LogP contribution in [0.1, 0.15) is 32.1 Å². The molecule has 1 aliphatic heterocycles. The Morgan fingerprint density at radius 3 is 2.67 bits per heavy atom. The molecule has 2 heterocycles. The molecule has 1 saturated carbocycles. The molecule has 1 aromatic heterocycles. The van der Waals surface area contributed by atoms with Crippen LogP contribution in [0.2, 0.25) is 18.6 Å². The summed E-state index contributed by atoms with van der Waals surface area (Å²) < 4.78 is 7.61. The van der Waals surface area contributed by atoms with Crippen molar-refractivity contribution in [2.24, 2.45) is 0 Å². The number of nitrogens with two attached hydrogens (primary N) is 1. The molecule has 0 radical (unpaired) electrons. The van der Waals surface area contributed by atoms with Crippen molar-refractivity contribution in [3.8, 4) is 0 Å². The standard InChI is InChI=1S/C15H26N4O4Si/c1-24(2,10-5-3-4-6-10)15(7-11(21)12(8-20)23-15)19-9-17-13(16)18-14(19)22/h9-12,20-21H,3-8H2,1-2H3,(H2,16,18,22)/t11-,12+,15-/m0/s1. The molecule has 2 fully saturated rings. The maximum atomic E-state index is 12.5. The van der Waals surface area contributed by atoms with Crippen LogP contribution in [-0.4, -0.2) is 51.6 Å². The molecular weight excluding hydrogens is 328 g/mol. The zero-order chi connectivity index (χ0) is 17.5. The first-order valence-electron chi connectivity index (χ1n) is 8.50. The van der Waals surface area contributed by atoms with Gasteiger partial charge in [-0.1, -0.05) is 38.8 Å². The Bertz CT molecular complexity index is 661. The van der Waals surface area contributed by atoms with Gasteiger partial charge in [-0.15, -0.1) is 0 Å². The van der Waals surface area contributed by atoms with E-state index in [1.165, 1.54) is 23.7 Å². The Balaban J connectivity index is 2.13. The van der Waals surface area contributed by atoms with E-state index in [0.29, 0.717) is 5.54 Å². The Kier molecular flexibility index (Phi) is 4.54. The number of ether oxygens (including phenoxy) is 1. The smallest absolute Gasteiger partial charge is 0.354 e. The summed E-state index contributed by atoms with van der Waals surface area (Å²) in [5, 5.41) is 19.0. The summed E-state index contributed by atoms with van der Waals surface area (Å²) in [7, 11) is -2.23. The molecule has 0 aromatic carbocycles. The van der Waals surface area contributed by atoms with Gasteiger partial charge in [-0.05, 0) is 5.54 Å². The van der Waals surface area contributed by atoms with Crippen molar-refractivity contribution in [3.05, 3.63) is 16.8 Å². The SMILES string of the molecule is C[Si](C)(C1CCCC1)[C@]1(n2cnc(N)nc2=O)C[C@H](O)[C@@H](CO)O1. The third-order valence-electron chi connectivity index (χ3n) is 5.93. The first kappa shape index (κ1) is 17.5. The maximum Gasteiger partial charge on any atom is 0.354 e. The Morgan fingerprint density at radius 1 is 1.46 bits per heavy atom. The molecule has 0 spiro atoms. The minimum absolute atomic E-state index is 0.0796. The van der Waals surface area contributed by atoms with Crippen LogP contribution in [0.25, 0.3) is 0 Å². The highest BCUT2D eigenvalue weighted by Crippen LogP contribution is 2.51. The summed E-state index contributed by atoms with van der Waals surface area (Å²) in [6, 6.07) is 0. The third kappa shape index (κ3) is 2.59. The van der Waals surface area contributed by atoms with Gasteiger partial charge >= 0.3 is 5.69 Å². The van der Waals surface area contributed by atoms with Gasteiger partial charge in [-0.2, -0.15) is 4.98 Å². The van der Waals surface area contributed by atoms with Crippen molar-refractivity contribution < 1.29 is 14.9 Å². The zero-order valence-corrected chi connectivity index (χ0v) is 15.2. The van der Waals surface area contributed by atoms with Crippen molar-refractivity contribution >= 4 is 14.0 Å². The van der Waals surface area contributed by atoms with Crippen molar-refractivity contribution in [1.82, 2.24) is 14.5 Å². The van der Waals surface area contributed by atoms with Gasteiger partial charge in [0.1, 0.15) is 25.9 Å². The molecule has 0 bridgehead atoms. The van der Waals surface area contributed by atoms with Crippen LogP contribution in [0.15, 0.2) is 11.1 Å². The van der Waals surface area contributed by atoms with Gasteiger partial charge in [0.25, 0.3) is 0 Å². The topological polar surface area (TPSA) is 123 Å². The van der Waals surface area contributed by atoms with Crippen LogP contribution >= 0.6 is 0 Å². The van der Waals surface area contributed by atoms with Crippen LogP contribution in [0.5, 0.6) is 0 Å². The van der Waals surface area contributed by atoms with E-state index in [0.717, 1.165) is 12.8 Å². The van der Waals surface area contributed by atoms with Crippen LogP contribution < -0.4 is 11.4 Å². The lowest BCUT2D eigenvalue weighted by atomic mass is 10.2. The van der Waals surface area contributed by atoms with Crippen molar-refractivity contribution in [3.63, 3.8) is 0 Å². The van der Waals surface area contributed by atoms with Crippen molar-refractivity contribution in [2.45, 2.75) is 68.3 Å². The van der Waals surface area contributed by atoms with Crippen molar-refractivity contribution in [1.29, 1.82) is 0 Å². The Morgan fingerprint density at radius 2 is 2.12 bits per heavy atom. The lowest BCUT2D eigenvalue weighted by Crippen LogP contribution is -2.61.